The molecule has 0 spiro atoms. The number of hydrogen-bond acceptors (Lipinski definition) is 3. The largest absolute Gasteiger partial charge is 0.463 e. The van der Waals surface area contributed by atoms with Gasteiger partial charge >= 0.3 is 0 Å². The Bertz CT molecular complexity index is 524. The van der Waals surface area contributed by atoms with Crippen LogP contribution in [-0.4, -0.2) is 6.26 Å². The molecule has 0 fully saturated rings. The summed E-state index contributed by atoms with van der Waals surface area (Å²) in [5.74, 6) is 2.39. The Morgan fingerprint density at radius 2 is 2.00 bits per heavy atom. The zero-order chi connectivity index (χ0) is 13.0. The van der Waals surface area contributed by atoms with Gasteiger partial charge in [-0.25, -0.2) is 4.39 Å². The van der Waals surface area contributed by atoms with E-state index in [0.29, 0.717) is 12.2 Å². The van der Waals surface area contributed by atoms with Gasteiger partial charge in [0.25, 0.3) is 0 Å². The lowest BCUT2D eigenvalue weighted by atomic mass is 10.2. The van der Waals surface area contributed by atoms with E-state index < -0.39 is 0 Å². The Balaban J connectivity index is 1.99. The molecular weight excluding hydrogens is 249 g/mol. The lowest BCUT2D eigenvalue weighted by molar-refractivity contribution is 0.487. The highest BCUT2D eigenvalue weighted by molar-refractivity contribution is 7.97. The average Bonchev–Trinajstić information content (AvgIpc) is 2.79. The summed E-state index contributed by atoms with van der Waals surface area (Å²) in [7, 11) is 0. The lowest BCUT2D eigenvalue weighted by Gasteiger charge is -2.06. The minimum Gasteiger partial charge on any atom is -0.463 e. The summed E-state index contributed by atoms with van der Waals surface area (Å²) >= 11 is 1.71. The van der Waals surface area contributed by atoms with Gasteiger partial charge in [0.2, 0.25) is 0 Å². The van der Waals surface area contributed by atoms with Gasteiger partial charge in [0, 0.05) is 0 Å². The topological polar surface area (TPSA) is 25.2 Å². The highest BCUT2D eigenvalue weighted by Gasteiger charge is 2.04. The van der Waals surface area contributed by atoms with E-state index in [0.717, 1.165) is 22.8 Å². The van der Waals surface area contributed by atoms with Crippen molar-refractivity contribution in [2.75, 3.05) is 11.6 Å². The van der Waals surface area contributed by atoms with Gasteiger partial charge in [-0.2, -0.15) is 11.8 Å². The Kier molecular flexibility index (Phi) is 4.31. The van der Waals surface area contributed by atoms with Crippen LogP contribution in [0.25, 0.3) is 0 Å². The van der Waals surface area contributed by atoms with Crippen LogP contribution in [0.15, 0.2) is 34.7 Å². The third-order valence-corrected chi connectivity index (χ3v) is 3.15. The highest BCUT2D eigenvalue weighted by Crippen LogP contribution is 2.18. The van der Waals surface area contributed by atoms with E-state index in [1.807, 2.05) is 25.3 Å². The molecule has 1 aromatic carbocycles. The molecule has 0 aliphatic rings. The van der Waals surface area contributed by atoms with Gasteiger partial charge in [-0.1, -0.05) is 6.07 Å². The van der Waals surface area contributed by atoms with E-state index >= 15 is 0 Å². The molecule has 2 nitrogen and oxygen atoms in total. The minimum absolute atomic E-state index is 0.239. The second-order valence-corrected chi connectivity index (χ2v) is 5.00. The van der Waals surface area contributed by atoms with E-state index in [4.69, 9.17) is 4.42 Å². The normalized spacial score (nSPS) is 10.6. The summed E-state index contributed by atoms with van der Waals surface area (Å²) in [5.41, 5.74) is 1.54. The summed E-state index contributed by atoms with van der Waals surface area (Å²) in [5, 5.41) is 3.05. The van der Waals surface area contributed by atoms with Crippen molar-refractivity contribution >= 4 is 17.4 Å². The Morgan fingerprint density at radius 3 is 2.78 bits per heavy atom. The van der Waals surface area contributed by atoms with Gasteiger partial charge in [-0.15, -0.1) is 0 Å². The highest BCUT2D eigenvalue weighted by atomic mass is 32.2. The molecule has 0 saturated carbocycles. The van der Waals surface area contributed by atoms with Crippen molar-refractivity contribution in [2.24, 2.45) is 0 Å². The average molecular weight is 265 g/mol. The molecule has 1 N–H and O–H groups in total. The molecule has 0 saturated heterocycles. The predicted octanol–water partition coefficient (Wildman–Crippen LogP) is 4.20. The molecular formula is C14H16FNOS. The van der Waals surface area contributed by atoms with Crippen LogP contribution >= 0.6 is 11.8 Å². The van der Waals surface area contributed by atoms with Crippen LogP contribution in [-0.2, 0) is 12.3 Å². The smallest absolute Gasteiger partial charge is 0.146 e. The summed E-state index contributed by atoms with van der Waals surface area (Å²) < 4.78 is 19.1. The molecule has 0 aliphatic carbocycles. The maximum absolute atomic E-state index is 13.5. The van der Waals surface area contributed by atoms with Crippen LogP contribution in [0.3, 0.4) is 0 Å². The number of rotatable bonds is 5. The van der Waals surface area contributed by atoms with Crippen molar-refractivity contribution in [2.45, 2.75) is 19.2 Å². The number of aryl methyl sites for hydroxylation is 1. The van der Waals surface area contributed by atoms with Gasteiger partial charge in [0.1, 0.15) is 17.3 Å². The first-order valence-electron chi connectivity index (χ1n) is 5.75. The molecule has 0 aliphatic heterocycles. The molecule has 4 heteroatoms. The lowest BCUT2D eigenvalue weighted by Crippen LogP contribution is -2.00. The second kappa shape index (κ2) is 5.96. The van der Waals surface area contributed by atoms with Crippen LogP contribution in [0.4, 0.5) is 10.1 Å². The molecule has 1 aromatic heterocycles. The first-order valence-corrected chi connectivity index (χ1v) is 7.15. The van der Waals surface area contributed by atoms with Crippen LogP contribution in [0.1, 0.15) is 17.1 Å². The zero-order valence-electron chi connectivity index (χ0n) is 10.5. The van der Waals surface area contributed by atoms with Crippen molar-refractivity contribution in [3.8, 4) is 0 Å². The third kappa shape index (κ3) is 3.29. The number of halogens is 1. The molecule has 1 heterocycles. The van der Waals surface area contributed by atoms with Crippen LogP contribution in [0.5, 0.6) is 0 Å². The summed E-state index contributed by atoms with van der Waals surface area (Å²) in [6.07, 6.45) is 2.03. The van der Waals surface area contributed by atoms with Crippen molar-refractivity contribution in [1.82, 2.24) is 0 Å². The van der Waals surface area contributed by atoms with Crippen molar-refractivity contribution < 1.29 is 8.81 Å². The molecule has 0 amide bonds. The van der Waals surface area contributed by atoms with E-state index in [2.05, 4.69) is 5.32 Å². The first-order chi connectivity index (χ1) is 8.69. The Hall–Kier alpha value is -1.42. The van der Waals surface area contributed by atoms with Crippen LogP contribution in [0.2, 0.25) is 0 Å². The number of hydrogen-bond donors (Lipinski definition) is 1. The molecule has 2 aromatic rings. The molecule has 96 valence electrons. The summed E-state index contributed by atoms with van der Waals surface area (Å²) in [4.78, 5) is 0. The monoisotopic (exact) mass is 265 g/mol. The van der Waals surface area contributed by atoms with E-state index in [1.165, 1.54) is 6.07 Å². The molecule has 0 atom stereocenters. The predicted molar refractivity (Wildman–Crippen MR) is 74.4 cm³/mol. The van der Waals surface area contributed by atoms with Crippen LogP contribution in [0, 0.1) is 12.7 Å². The van der Waals surface area contributed by atoms with E-state index in [9.17, 15) is 4.39 Å². The molecule has 0 unspecified atom stereocenters. The summed E-state index contributed by atoms with van der Waals surface area (Å²) in [6, 6.07) is 8.90. The third-order valence-electron chi connectivity index (χ3n) is 2.58. The molecule has 0 radical (unpaired) electrons. The second-order valence-electron chi connectivity index (χ2n) is 4.14. The number of furan rings is 1. The fourth-order valence-corrected chi connectivity index (χ4v) is 2.13. The van der Waals surface area contributed by atoms with E-state index in [1.54, 1.807) is 23.9 Å². The number of nitrogens with one attached hydrogen (secondary N) is 1. The SMILES string of the molecule is CSCc1ccc(CNc2cc(C)ccc2F)o1. The number of anilines is 1. The molecule has 2 rings (SSSR count). The quantitative estimate of drug-likeness (QED) is 0.877. The fourth-order valence-electron chi connectivity index (χ4n) is 1.69. The number of benzene rings is 1. The van der Waals surface area contributed by atoms with Crippen molar-refractivity contribution in [3.63, 3.8) is 0 Å². The minimum atomic E-state index is -0.239. The maximum atomic E-state index is 13.5. The molecule has 18 heavy (non-hydrogen) atoms. The van der Waals surface area contributed by atoms with Gasteiger partial charge < -0.3 is 9.73 Å². The van der Waals surface area contributed by atoms with Gasteiger partial charge in [-0.05, 0) is 43.0 Å². The Labute approximate surface area is 111 Å². The van der Waals surface area contributed by atoms with Crippen molar-refractivity contribution in [3.05, 3.63) is 53.2 Å². The molecule has 0 bridgehead atoms. The fraction of sp³-hybridized carbons (Fsp3) is 0.286. The first kappa shape index (κ1) is 13.0. The van der Waals surface area contributed by atoms with E-state index in [-0.39, 0.29) is 5.82 Å². The number of thioether (sulfide) groups is 1. The van der Waals surface area contributed by atoms with Crippen molar-refractivity contribution in [1.29, 1.82) is 0 Å². The van der Waals surface area contributed by atoms with Crippen LogP contribution < -0.4 is 5.32 Å². The maximum Gasteiger partial charge on any atom is 0.146 e. The summed E-state index contributed by atoms with van der Waals surface area (Å²) in [6.45, 7) is 2.43. The van der Waals surface area contributed by atoms with Gasteiger partial charge in [0.15, 0.2) is 0 Å². The van der Waals surface area contributed by atoms with Gasteiger partial charge in [0.05, 0.1) is 18.0 Å². The zero-order valence-corrected chi connectivity index (χ0v) is 11.3. The Morgan fingerprint density at radius 1 is 1.22 bits per heavy atom. The standard InChI is InChI=1S/C14H16FNOS/c1-10-3-6-13(15)14(7-10)16-8-11-4-5-12(17-11)9-18-2/h3-7,16H,8-9H2,1-2H3. The van der Waals surface area contributed by atoms with Gasteiger partial charge in [-0.3, -0.25) is 0 Å².